The zero-order valence-electron chi connectivity index (χ0n) is 20.4. The van der Waals surface area contributed by atoms with Crippen LogP contribution in [-0.4, -0.2) is 37.5 Å². The van der Waals surface area contributed by atoms with Gasteiger partial charge < -0.3 is 5.32 Å². The van der Waals surface area contributed by atoms with Crippen molar-refractivity contribution in [3.05, 3.63) is 126 Å². The van der Waals surface area contributed by atoms with Gasteiger partial charge in [-0.05, 0) is 43.3 Å². The fourth-order valence-electron chi connectivity index (χ4n) is 4.68. The van der Waals surface area contributed by atoms with Crippen molar-refractivity contribution in [2.75, 3.05) is 5.32 Å². The lowest BCUT2D eigenvalue weighted by atomic mass is 9.73. The van der Waals surface area contributed by atoms with E-state index in [1.165, 1.54) is 12.7 Å². The van der Waals surface area contributed by atoms with Gasteiger partial charge in [0, 0.05) is 30.1 Å². The fraction of sp³-hybridized carbons (Fsp3) is 0.107. The number of aromatic nitrogens is 6. The summed E-state index contributed by atoms with van der Waals surface area (Å²) >= 11 is 0. The number of fused-ring (bicyclic) bond motifs is 1. The molecule has 188 valence electrons. The molecule has 6 rings (SSSR count). The van der Waals surface area contributed by atoms with Crippen LogP contribution in [0.5, 0.6) is 0 Å². The predicted molar refractivity (Wildman–Crippen MR) is 143 cm³/mol. The molecule has 0 atom stereocenters. The quantitative estimate of drug-likeness (QED) is 0.352. The van der Waals surface area contributed by atoms with Gasteiger partial charge in [0.1, 0.15) is 12.7 Å². The van der Waals surface area contributed by atoms with E-state index in [0.717, 1.165) is 15.3 Å². The van der Waals surface area contributed by atoms with Crippen LogP contribution in [0.3, 0.4) is 0 Å². The Morgan fingerprint density at radius 1 is 0.868 bits per heavy atom. The zero-order valence-corrected chi connectivity index (χ0v) is 21.2. The highest BCUT2D eigenvalue weighted by Crippen LogP contribution is 2.42. The number of hydrogen-bond acceptors (Lipinski definition) is 8. The third-order valence-electron chi connectivity index (χ3n) is 6.63. The van der Waals surface area contributed by atoms with E-state index in [4.69, 9.17) is 0 Å². The van der Waals surface area contributed by atoms with E-state index in [1.54, 1.807) is 36.7 Å². The SMILES string of the molecule is Cc1ccc(S(=O)(=O)n2nc(Nc3ccccc3)c3c2CC(c2ccncn2)(c2ccncn2)C=C3)cc1. The van der Waals surface area contributed by atoms with Crippen LogP contribution in [0.2, 0.25) is 0 Å². The number of anilines is 2. The Kier molecular flexibility index (Phi) is 5.80. The first kappa shape index (κ1) is 23.7. The topological polar surface area (TPSA) is 116 Å². The number of aryl methyl sites for hydroxylation is 1. The minimum Gasteiger partial charge on any atom is -0.338 e. The van der Waals surface area contributed by atoms with Crippen LogP contribution in [0, 0.1) is 6.92 Å². The highest BCUT2D eigenvalue weighted by Gasteiger charge is 2.41. The molecule has 0 aliphatic heterocycles. The maximum absolute atomic E-state index is 14.0. The van der Waals surface area contributed by atoms with E-state index in [-0.39, 0.29) is 11.3 Å². The summed E-state index contributed by atoms with van der Waals surface area (Å²) in [4.78, 5) is 17.4. The van der Waals surface area contributed by atoms with Crippen molar-refractivity contribution in [3.8, 4) is 0 Å². The first-order valence-electron chi connectivity index (χ1n) is 12.0. The van der Waals surface area contributed by atoms with Crippen molar-refractivity contribution in [2.45, 2.75) is 23.7 Å². The lowest BCUT2D eigenvalue weighted by molar-refractivity contribution is 0.552. The summed E-state index contributed by atoms with van der Waals surface area (Å²) in [7, 11) is -4.02. The molecule has 0 amide bonds. The molecule has 1 aliphatic carbocycles. The highest BCUT2D eigenvalue weighted by molar-refractivity contribution is 7.89. The van der Waals surface area contributed by atoms with Crippen LogP contribution >= 0.6 is 0 Å². The van der Waals surface area contributed by atoms with Crippen LogP contribution in [-0.2, 0) is 21.9 Å². The fourth-order valence-corrected chi connectivity index (χ4v) is 6.00. The number of rotatable bonds is 6. The Hall–Kier alpha value is -4.70. The number of allylic oxidation sites excluding steroid dienone is 1. The smallest absolute Gasteiger partial charge is 0.283 e. The lowest BCUT2D eigenvalue weighted by Crippen LogP contribution is -2.34. The van der Waals surface area contributed by atoms with Crippen LogP contribution in [0.4, 0.5) is 11.5 Å². The molecule has 10 heteroatoms. The molecule has 1 aliphatic rings. The number of nitrogens with zero attached hydrogens (tertiary/aromatic N) is 6. The molecule has 5 aromatic rings. The van der Waals surface area contributed by atoms with Gasteiger partial charge in [-0.1, -0.05) is 48.0 Å². The molecule has 0 unspecified atom stereocenters. The van der Waals surface area contributed by atoms with E-state index in [1.807, 2.05) is 61.5 Å². The van der Waals surface area contributed by atoms with Gasteiger partial charge in [0.15, 0.2) is 5.82 Å². The molecule has 3 aromatic heterocycles. The van der Waals surface area contributed by atoms with E-state index in [0.29, 0.717) is 28.5 Å². The Labute approximate surface area is 220 Å². The molecular weight excluding hydrogens is 498 g/mol. The summed E-state index contributed by atoms with van der Waals surface area (Å²) in [5.41, 5.74) is 3.48. The standard InChI is InChI=1S/C28H23N7O2S/c1-20-7-9-22(10-8-20)38(36,37)35-24-17-28(25-12-15-29-18-31-25,26-13-16-30-19-32-26)14-11-23(24)27(34-35)33-21-5-3-2-4-6-21/h2-16,18-19H,17H2,1H3,(H,33,34). The van der Waals surface area contributed by atoms with Gasteiger partial charge in [-0.3, -0.25) is 0 Å². The van der Waals surface area contributed by atoms with Gasteiger partial charge in [-0.15, -0.1) is 5.10 Å². The third kappa shape index (κ3) is 4.04. The van der Waals surface area contributed by atoms with Gasteiger partial charge in [-0.2, -0.15) is 12.5 Å². The Morgan fingerprint density at radius 2 is 1.53 bits per heavy atom. The first-order chi connectivity index (χ1) is 18.5. The number of nitrogens with one attached hydrogen (secondary N) is 1. The molecule has 0 bridgehead atoms. The Balaban J connectivity index is 1.57. The summed E-state index contributed by atoms with van der Waals surface area (Å²) in [6.07, 6.45) is 10.4. The summed E-state index contributed by atoms with van der Waals surface area (Å²) in [5, 5.41) is 7.90. The molecule has 1 N–H and O–H groups in total. The van der Waals surface area contributed by atoms with E-state index in [9.17, 15) is 8.42 Å². The first-order valence-corrected chi connectivity index (χ1v) is 13.4. The maximum atomic E-state index is 14.0. The second kappa shape index (κ2) is 9.31. The third-order valence-corrected chi connectivity index (χ3v) is 8.25. The van der Waals surface area contributed by atoms with Gasteiger partial charge in [0.05, 0.1) is 27.4 Å². The normalized spacial score (nSPS) is 14.1. The second-order valence-electron chi connectivity index (χ2n) is 9.03. The molecular formula is C28H23N7O2S. The molecule has 3 heterocycles. The molecule has 0 saturated heterocycles. The van der Waals surface area contributed by atoms with Crippen LogP contribution in [0.1, 0.15) is 28.2 Å². The van der Waals surface area contributed by atoms with Crippen molar-refractivity contribution >= 4 is 27.6 Å². The highest BCUT2D eigenvalue weighted by atomic mass is 32.2. The Morgan fingerprint density at radius 3 is 2.13 bits per heavy atom. The number of para-hydroxylation sites is 1. The molecule has 9 nitrogen and oxygen atoms in total. The van der Waals surface area contributed by atoms with Crippen molar-refractivity contribution in [1.82, 2.24) is 29.1 Å². The minimum atomic E-state index is -4.02. The maximum Gasteiger partial charge on any atom is 0.283 e. The van der Waals surface area contributed by atoms with Crippen molar-refractivity contribution in [3.63, 3.8) is 0 Å². The van der Waals surface area contributed by atoms with Gasteiger partial charge in [-0.25, -0.2) is 19.9 Å². The van der Waals surface area contributed by atoms with Crippen LogP contribution in [0.25, 0.3) is 6.08 Å². The zero-order chi connectivity index (χ0) is 26.2. The molecule has 2 aromatic carbocycles. The average Bonchev–Trinajstić information content (AvgIpc) is 3.32. The number of hydrogen-bond donors (Lipinski definition) is 1. The van der Waals surface area contributed by atoms with Crippen molar-refractivity contribution < 1.29 is 8.42 Å². The van der Waals surface area contributed by atoms with E-state index < -0.39 is 15.4 Å². The summed E-state index contributed by atoms with van der Waals surface area (Å²) in [5.74, 6) is 0.442. The summed E-state index contributed by atoms with van der Waals surface area (Å²) in [6.45, 7) is 1.91. The molecule has 0 spiro atoms. The molecule has 0 radical (unpaired) electrons. The van der Waals surface area contributed by atoms with Crippen molar-refractivity contribution in [1.29, 1.82) is 0 Å². The lowest BCUT2D eigenvalue weighted by Gasteiger charge is -2.32. The van der Waals surface area contributed by atoms with Crippen LogP contribution in [0.15, 0.2) is 103 Å². The van der Waals surface area contributed by atoms with E-state index >= 15 is 0 Å². The minimum absolute atomic E-state index is 0.156. The number of benzene rings is 2. The van der Waals surface area contributed by atoms with Crippen LogP contribution < -0.4 is 5.32 Å². The molecule has 38 heavy (non-hydrogen) atoms. The molecule has 0 saturated carbocycles. The summed E-state index contributed by atoms with van der Waals surface area (Å²) < 4.78 is 29.1. The summed E-state index contributed by atoms with van der Waals surface area (Å²) in [6, 6.07) is 19.9. The monoisotopic (exact) mass is 521 g/mol. The van der Waals surface area contributed by atoms with E-state index in [2.05, 4.69) is 30.4 Å². The Bertz CT molecular complexity index is 1680. The average molecular weight is 522 g/mol. The second-order valence-corrected chi connectivity index (χ2v) is 10.8. The van der Waals surface area contributed by atoms with Gasteiger partial charge in [0.2, 0.25) is 0 Å². The molecule has 0 fully saturated rings. The largest absolute Gasteiger partial charge is 0.338 e. The predicted octanol–water partition coefficient (Wildman–Crippen LogP) is 4.31. The van der Waals surface area contributed by atoms with Crippen molar-refractivity contribution in [2.24, 2.45) is 0 Å². The van der Waals surface area contributed by atoms with Gasteiger partial charge >= 0.3 is 0 Å². The van der Waals surface area contributed by atoms with Gasteiger partial charge in [0.25, 0.3) is 10.0 Å².